The van der Waals surface area contributed by atoms with Gasteiger partial charge in [-0.2, -0.15) is 0 Å². The van der Waals surface area contributed by atoms with Crippen LogP contribution in [-0.4, -0.2) is 16.1 Å². The summed E-state index contributed by atoms with van der Waals surface area (Å²) in [5.74, 6) is -0.725. The van der Waals surface area contributed by atoms with Gasteiger partial charge in [-0.15, -0.1) is 0 Å². The summed E-state index contributed by atoms with van der Waals surface area (Å²) in [6.45, 7) is 7.68. The van der Waals surface area contributed by atoms with Gasteiger partial charge in [0.1, 0.15) is 0 Å². The molecule has 15 heavy (non-hydrogen) atoms. The number of carboxylic acids is 1. The average molecular weight is 209 g/mol. The molecule has 1 rings (SSSR count). The number of rotatable bonds is 1. The predicted molar refractivity (Wildman–Crippen MR) is 60.7 cm³/mol. The molecule has 0 spiro atoms. The molecule has 0 saturated heterocycles. The fourth-order valence-corrected chi connectivity index (χ4v) is 0.902. The van der Waals surface area contributed by atoms with Gasteiger partial charge in [-0.1, -0.05) is 26.8 Å². The fourth-order valence-electron chi connectivity index (χ4n) is 0.902. The summed E-state index contributed by atoms with van der Waals surface area (Å²) in [5, 5.41) is 8.25. The molecule has 3 nitrogen and oxygen atoms in total. The second-order valence-electron chi connectivity index (χ2n) is 4.60. The van der Waals surface area contributed by atoms with Crippen LogP contribution in [0.3, 0.4) is 0 Å². The van der Waals surface area contributed by atoms with Gasteiger partial charge in [0.2, 0.25) is 0 Å². The zero-order valence-electron chi connectivity index (χ0n) is 9.82. The van der Waals surface area contributed by atoms with E-state index in [-0.39, 0.29) is 11.8 Å². The van der Waals surface area contributed by atoms with Crippen LogP contribution < -0.4 is 0 Å². The second-order valence-corrected chi connectivity index (χ2v) is 4.60. The van der Waals surface area contributed by atoms with Gasteiger partial charge in [0, 0.05) is 11.9 Å². The Kier molecular flexibility index (Phi) is 5.60. The Morgan fingerprint density at radius 1 is 1.40 bits per heavy atom. The molecule has 1 aromatic rings. The number of aliphatic carboxylic acids is 1. The molecule has 3 heteroatoms. The summed E-state index contributed by atoms with van der Waals surface area (Å²) >= 11 is 0. The van der Waals surface area contributed by atoms with E-state index in [0.29, 0.717) is 0 Å². The van der Waals surface area contributed by atoms with Crippen molar-refractivity contribution in [1.82, 2.24) is 4.98 Å². The van der Waals surface area contributed by atoms with E-state index in [1.807, 2.05) is 45.9 Å². The first-order chi connectivity index (χ1) is 6.81. The Balaban J connectivity index is 0.000000262. The summed E-state index contributed by atoms with van der Waals surface area (Å²) in [7, 11) is 0. The highest BCUT2D eigenvalue weighted by Gasteiger charge is 2.13. The van der Waals surface area contributed by atoms with E-state index in [1.54, 1.807) is 6.20 Å². The monoisotopic (exact) mass is 209 g/mol. The first-order valence-corrected chi connectivity index (χ1v) is 4.91. The van der Waals surface area contributed by atoms with Crippen LogP contribution in [0.5, 0.6) is 0 Å². The van der Waals surface area contributed by atoms with Crippen LogP contribution in [0.2, 0.25) is 0 Å². The van der Waals surface area contributed by atoms with E-state index in [4.69, 9.17) is 5.11 Å². The SMILES string of the molecule is CC(C)(C)CC(=O)O.Cc1ccccn1. The maximum atomic E-state index is 10.0. The molecule has 0 aliphatic rings. The normalized spacial score (nSPS) is 10.1. The van der Waals surface area contributed by atoms with Crippen LogP contribution in [0.25, 0.3) is 0 Å². The van der Waals surface area contributed by atoms with Crippen LogP contribution in [0.1, 0.15) is 32.9 Å². The fraction of sp³-hybridized carbons (Fsp3) is 0.500. The van der Waals surface area contributed by atoms with Gasteiger partial charge in [0.15, 0.2) is 0 Å². The van der Waals surface area contributed by atoms with Crippen molar-refractivity contribution in [3.05, 3.63) is 30.1 Å². The van der Waals surface area contributed by atoms with E-state index in [2.05, 4.69) is 4.98 Å². The van der Waals surface area contributed by atoms with E-state index in [1.165, 1.54) is 0 Å². The molecule has 0 radical (unpaired) electrons. The maximum Gasteiger partial charge on any atom is 0.303 e. The van der Waals surface area contributed by atoms with Crippen LogP contribution in [-0.2, 0) is 4.79 Å². The molecule has 0 amide bonds. The Bertz CT molecular complexity index is 288. The number of carboxylic acid groups (broad SMARTS) is 1. The largest absolute Gasteiger partial charge is 0.481 e. The highest BCUT2D eigenvalue weighted by molar-refractivity contribution is 5.67. The van der Waals surface area contributed by atoms with Crippen LogP contribution in [0, 0.1) is 12.3 Å². The van der Waals surface area contributed by atoms with Crippen molar-refractivity contribution in [2.45, 2.75) is 34.1 Å². The molecule has 0 fully saturated rings. The Morgan fingerprint density at radius 3 is 2.13 bits per heavy atom. The van der Waals surface area contributed by atoms with Gasteiger partial charge in [-0.25, -0.2) is 0 Å². The maximum absolute atomic E-state index is 10.0. The zero-order chi connectivity index (χ0) is 11.9. The number of nitrogens with zero attached hydrogens (tertiary/aromatic N) is 1. The van der Waals surface area contributed by atoms with E-state index in [0.717, 1.165) is 5.69 Å². The van der Waals surface area contributed by atoms with Gasteiger partial charge < -0.3 is 5.11 Å². The summed E-state index contributed by atoms with van der Waals surface area (Å²) in [4.78, 5) is 14.0. The van der Waals surface area contributed by atoms with E-state index < -0.39 is 5.97 Å². The minimum Gasteiger partial charge on any atom is -0.481 e. The van der Waals surface area contributed by atoms with E-state index >= 15 is 0 Å². The highest BCUT2D eigenvalue weighted by Crippen LogP contribution is 2.17. The molecule has 0 unspecified atom stereocenters. The van der Waals surface area contributed by atoms with Crippen LogP contribution in [0.4, 0.5) is 0 Å². The Morgan fingerprint density at radius 2 is 2.00 bits per heavy atom. The molecule has 1 N–H and O–H groups in total. The molecule has 0 atom stereocenters. The van der Waals surface area contributed by atoms with Gasteiger partial charge >= 0.3 is 5.97 Å². The lowest BCUT2D eigenvalue weighted by molar-refractivity contribution is -0.139. The standard InChI is InChI=1S/C6H7N.C6H12O2/c1-6-4-2-3-5-7-6;1-6(2,3)4-5(7)8/h2-5H,1H3;4H2,1-3H3,(H,7,8). The lowest BCUT2D eigenvalue weighted by Crippen LogP contribution is -2.11. The van der Waals surface area contributed by atoms with Crippen LogP contribution in [0.15, 0.2) is 24.4 Å². The van der Waals surface area contributed by atoms with Gasteiger partial charge in [-0.05, 0) is 24.5 Å². The number of hydrogen-bond donors (Lipinski definition) is 1. The number of pyridine rings is 1. The summed E-state index contributed by atoms with van der Waals surface area (Å²) in [6, 6.07) is 5.86. The summed E-state index contributed by atoms with van der Waals surface area (Å²) in [5.41, 5.74) is 0.994. The molecule has 0 aromatic carbocycles. The minimum absolute atomic E-state index is 0.0775. The third-order valence-electron chi connectivity index (χ3n) is 1.49. The molecule has 0 saturated carbocycles. The third kappa shape index (κ3) is 10.5. The van der Waals surface area contributed by atoms with Crippen molar-refractivity contribution in [2.24, 2.45) is 5.41 Å². The molecular formula is C12H19NO2. The van der Waals surface area contributed by atoms with Crippen molar-refractivity contribution in [2.75, 3.05) is 0 Å². The highest BCUT2D eigenvalue weighted by atomic mass is 16.4. The Labute approximate surface area is 91.2 Å². The zero-order valence-corrected chi connectivity index (χ0v) is 9.82. The van der Waals surface area contributed by atoms with Crippen molar-refractivity contribution in [3.63, 3.8) is 0 Å². The van der Waals surface area contributed by atoms with Gasteiger partial charge in [0.25, 0.3) is 0 Å². The molecule has 1 heterocycles. The smallest absolute Gasteiger partial charge is 0.303 e. The first kappa shape index (κ1) is 13.6. The average Bonchev–Trinajstić information content (AvgIpc) is 2.01. The number of aromatic nitrogens is 1. The lowest BCUT2D eigenvalue weighted by Gasteiger charge is -2.13. The van der Waals surface area contributed by atoms with Crippen molar-refractivity contribution in [3.8, 4) is 0 Å². The van der Waals surface area contributed by atoms with Crippen molar-refractivity contribution < 1.29 is 9.90 Å². The molecule has 0 bridgehead atoms. The van der Waals surface area contributed by atoms with E-state index in [9.17, 15) is 4.79 Å². The first-order valence-electron chi connectivity index (χ1n) is 4.91. The lowest BCUT2D eigenvalue weighted by atomic mass is 9.93. The second kappa shape index (κ2) is 6.17. The minimum atomic E-state index is -0.725. The molecule has 84 valence electrons. The van der Waals surface area contributed by atoms with Crippen molar-refractivity contribution >= 4 is 5.97 Å². The number of hydrogen-bond acceptors (Lipinski definition) is 2. The topological polar surface area (TPSA) is 50.2 Å². The van der Waals surface area contributed by atoms with Crippen molar-refractivity contribution in [1.29, 1.82) is 0 Å². The Hall–Kier alpha value is -1.38. The van der Waals surface area contributed by atoms with Crippen LogP contribution >= 0.6 is 0 Å². The molecule has 0 aliphatic heterocycles. The summed E-state index contributed by atoms with van der Waals surface area (Å²) in [6.07, 6.45) is 2.03. The van der Waals surface area contributed by atoms with Gasteiger partial charge in [0.05, 0.1) is 6.42 Å². The van der Waals surface area contributed by atoms with Gasteiger partial charge in [-0.3, -0.25) is 9.78 Å². The summed E-state index contributed by atoms with van der Waals surface area (Å²) < 4.78 is 0. The third-order valence-corrected chi connectivity index (χ3v) is 1.49. The molecule has 0 aliphatic carbocycles. The number of carbonyl (C=O) groups is 1. The quantitative estimate of drug-likeness (QED) is 0.773. The molecular weight excluding hydrogens is 190 g/mol. The predicted octanol–water partition coefficient (Wildman–Crippen LogP) is 2.90. The number of aryl methyl sites for hydroxylation is 1. The molecule has 1 aromatic heterocycles.